The Bertz CT molecular complexity index is 1670. The van der Waals surface area contributed by atoms with Gasteiger partial charge in [-0.15, -0.1) is 0 Å². The zero-order chi connectivity index (χ0) is 27.3. The molecule has 4 heterocycles. The lowest BCUT2D eigenvalue weighted by Gasteiger charge is -2.35. The van der Waals surface area contributed by atoms with Crippen molar-refractivity contribution in [3.05, 3.63) is 69.5 Å². The number of esters is 1. The van der Waals surface area contributed by atoms with Crippen molar-refractivity contribution in [2.24, 2.45) is 7.05 Å². The molecular weight excluding hydrogens is 547 g/mol. The maximum Gasteiger partial charge on any atom is 0.340 e. The molecule has 7 nitrogen and oxygen atoms in total. The molecule has 2 saturated carbocycles. The Kier molecular flexibility index (Phi) is 5.42. The van der Waals surface area contributed by atoms with Gasteiger partial charge in [-0.1, -0.05) is 34.4 Å². The van der Waals surface area contributed by atoms with Crippen molar-refractivity contribution >= 4 is 45.8 Å². The molecule has 4 aliphatic rings. The number of anilines is 1. The zero-order valence-electron chi connectivity index (χ0n) is 22.5. The van der Waals surface area contributed by atoms with E-state index in [1.54, 1.807) is 0 Å². The Morgan fingerprint density at radius 3 is 2.70 bits per heavy atom. The van der Waals surface area contributed by atoms with Gasteiger partial charge in [0, 0.05) is 72.1 Å². The molecule has 4 aromatic rings. The third-order valence-corrected chi connectivity index (χ3v) is 10.3. The molecule has 2 bridgehead atoms. The number of piperidine rings is 1. The zero-order valence-corrected chi connectivity index (χ0v) is 24.0. The number of carbonyl (C=O) groups is 1. The van der Waals surface area contributed by atoms with Crippen LogP contribution in [0, 0.1) is 0 Å². The van der Waals surface area contributed by atoms with E-state index >= 15 is 0 Å². The molecule has 2 aromatic carbocycles. The molecule has 4 fully saturated rings. The van der Waals surface area contributed by atoms with Gasteiger partial charge in [0.25, 0.3) is 0 Å². The average molecular weight is 578 g/mol. The molecular formula is C31H30Cl2N4O3. The van der Waals surface area contributed by atoms with E-state index in [9.17, 15) is 4.79 Å². The van der Waals surface area contributed by atoms with Crippen LogP contribution in [0.4, 0.5) is 5.69 Å². The summed E-state index contributed by atoms with van der Waals surface area (Å²) in [5.41, 5.74) is 5.89. The van der Waals surface area contributed by atoms with Gasteiger partial charge < -0.3 is 18.7 Å². The van der Waals surface area contributed by atoms with E-state index in [0.29, 0.717) is 33.6 Å². The topological polar surface area (TPSA) is 63.7 Å². The van der Waals surface area contributed by atoms with Crippen LogP contribution < -0.4 is 4.90 Å². The summed E-state index contributed by atoms with van der Waals surface area (Å²) in [7, 11) is 3.41. The van der Waals surface area contributed by atoms with Gasteiger partial charge in [0.15, 0.2) is 0 Å². The highest BCUT2D eigenvalue weighted by Gasteiger charge is 2.71. The number of aromatic nitrogens is 2. The first kappa shape index (κ1) is 24.8. The quantitative estimate of drug-likeness (QED) is 0.235. The van der Waals surface area contributed by atoms with Crippen molar-refractivity contribution in [3.8, 4) is 11.3 Å². The number of likely N-dealkylation sites (tertiary alicyclic amines) is 1. The number of benzene rings is 2. The van der Waals surface area contributed by atoms with Gasteiger partial charge in [0.05, 0.1) is 28.2 Å². The van der Waals surface area contributed by atoms with Crippen LogP contribution in [-0.2, 0) is 18.2 Å². The minimum absolute atomic E-state index is 0.240. The van der Waals surface area contributed by atoms with Crippen LogP contribution in [-0.4, -0.2) is 58.4 Å². The number of methoxy groups -OCH3 is 1. The van der Waals surface area contributed by atoms with Gasteiger partial charge in [0.1, 0.15) is 11.5 Å². The van der Waals surface area contributed by atoms with Gasteiger partial charge in [-0.2, -0.15) is 0 Å². The summed E-state index contributed by atoms with van der Waals surface area (Å²) in [6.07, 6.45) is 7.41. The lowest BCUT2D eigenvalue weighted by atomic mass is 10.0. The van der Waals surface area contributed by atoms with Crippen LogP contribution in [0.15, 0.2) is 47.1 Å². The summed E-state index contributed by atoms with van der Waals surface area (Å²) in [6.45, 7) is 2.01. The molecule has 0 amide bonds. The van der Waals surface area contributed by atoms with E-state index in [1.807, 2.05) is 36.0 Å². The highest BCUT2D eigenvalue weighted by atomic mass is 35.5. The monoisotopic (exact) mass is 576 g/mol. The third-order valence-electron chi connectivity index (χ3n) is 9.66. The van der Waals surface area contributed by atoms with Crippen molar-refractivity contribution in [2.75, 3.05) is 25.1 Å². The Balaban J connectivity index is 1.04. The number of carbonyl (C=O) groups excluding carboxylic acids is 1. The minimum atomic E-state index is -0.298. The molecule has 1 spiro atoms. The second-order valence-corrected chi connectivity index (χ2v) is 12.7. The predicted molar refractivity (Wildman–Crippen MR) is 155 cm³/mol. The fraction of sp³-hybridized carbons (Fsp3) is 0.419. The number of piperazine rings is 1. The maximum absolute atomic E-state index is 12.2. The summed E-state index contributed by atoms with van der Waals surface area (Å²) in [5.74, 6) is 1.18. The first-order chi connectivity index (χ1) is 19.4. The van der Waals surface area contributed by atoms with Crippen molar-refractivity contribution < 1.29 is 14.1 Å². The molecule has 9 heteroatoms. The molecule has 3 atom stereocenters. The highest BCUT2D eigenvalue weighted by molar-refractivity contribution is 6.39. The summed E-state index contributed by atoms with van der Waals surface area (Å²) in [4.78, 5) is 17.6. The fourth-order valence-electron chi connectivity index (χ4n) is 7.58. The predicted octanol–water partition coefficient (Wildman–Crippen LogP) is 6.45. The number of nitrogens with zero attached hydrogens (tertiary/aromatic N) is 4. The van der Waals surface area contributed by atoms with Gasteiger partial charge in [-0.3, -0.25) is 4.90 Å². The average Bonchev–Trinajstić information content (AvgIpc) is 3.77. The lowest BCUT2D eigenvalue weighted by molar-refractivity contribution is 0.0602. The first-order valence-electron chi connectivity index (χ1n) is 14.0. The van der Waals surface area contributed by atoms with Gasteiger partial charge >= 0.3 is 5.97 Å². The third kappa shape index (κ3) is 3.53. The summed E-state index contributed by atoms with van der Waals surface area (Å²) >= 11 is 13.2. The van der Waals surface area contributed by atoms with Crippen LogP contribution in [0.5, 0.6) is 0 Å². The largest absolute Gasteiger partial charge is 0.465 e. The smallest absolute Gasteiger partial charge is 0.340 e. The molecule has 2 saturated heterocycles. The number of aryl methyl sites for hydroxylation is 1. The fourth-order valence-corrected chi connectivity index (χ4v) is 8.15. The van der Waals surface area contributed by atoms with Crippen molar-refractivity contribution in [3.63, 3.8) is 0 Å². The van der Waals surface area contributed by atoms with Gasteiger partial charge in [-0.25, -0.2) is 4.79 Å². The van der Waals surface area contributed by atoms with Crippen LogP contribution in [0.25, 0.3) is 22.2 Å². The number of hydrogen-bond donors (Lipinski definition) is 0. The maximum atomic E-state index is 12.2. The van der Waals surface area contributed by atoms with Crippen LogP contribution in [0.2, 0.25) is 10.0 Å². The van der Waals surface area contributed by atoms with E-state index in [2.05, 4.69) is 33.2 Å². The number of fused-ring (bicyclic) bond motifs is 2. The standard InChI is InChI=1S/C31H30Cl2N4O3/c1-35-16-22(30(38)39-2)20-9-8-18(12-25(20)35)37-19-13-31(14-26(31)37)36(15-19)11-10-21-28(34-40-29(21)17-6-7-17)27-23(32)4-3-5-24(27)33/h3-5,8-9,12,16-17,19,26H,6-7,10-11,13-15H2,1-2H3. The Hall–Kier alpha value is -3.00. The highest BCUT2D eigenvalue weighted by Crippen LogP contribution is 2.61. The lowest BCUT2D eigenvalue weighted by Crippen LogP contribution is -2.47. The van der Waals surface area contributed by atoms with Gasteiger partial charge in [-0.05, 0) is 62.4 Å². The Morgan fingerprint density at radius 1 is 1.18 bits per heavy atom. The van der Waals surface area contributed by atoms with E-state index in [-0.39, 0.29) is 11.5 Å². The van der Waals surface area contributed by atoms with E-state index in [1.165, 1.54) is 31.2 Å². The number of hydrogen-bond acceptors (Lipinski definition) is 6. The molecule has 0 N–H and O–H groups in total. The van der Waals surface area contributed by atoms with Crippen LogP contribution in [0.1, 0.15) is 53.3 Å². The van der Waals surface area contributed by atoms with Crippen molar-refractivity contribution in [1.29, 1.82) is 0 Å². The number of ether oxygens (including phenoxy) is 1. The second kappa shape index (κ2) is 8.75. The van der Waals surface area contributed by atoms with Crippen LogP contribution >= 0.6 is 23.2 Å². The Morgan fingerprint density at radius 2 is 1.98 bits per heavy atom. The molecule has 2 aliphatic heterocycles. The van der Waals surface area contributed by atoms with Crippen molar-refractivity contribution in [1.82, 2.24) is 14.6 Å². The molecule has 8 rings (SSSR count). The normalized spacial score (nSPS) is 25.1. The van der Waals surface area contributed by atoms with Crippen molar-refractivity contribution in [2.45, 2.75) is 55.6 Å². The molecule has 0 radical (unpaired) electrons. The summed E-state index contributed by atoms with van der Waals surface area (Å²) in [5, 5.41) is 6.64. The second-order valence-electron chi connectivity index (χ2n) is 11.9. The SMILES string of the molecule is COC(=O)c1cn(C)c2cc(N3C4CN(CCc5c(-c6c(Cl)cccc6Cl)noc5C5CC5)C5(C4)CC35)ccc12. The molecule has 2 aliphatic carbocycles. The van der Waals surface area contributed by atoms with Crippen LogP contribution in [0.3, 0.4) is 0 Å². The minimum Gasteiger partial charge on any atom is -0.465 e. The molecule has 3 unspecified atom stereocenters. The molecule has 206 valence electrons. The summed E-state index contributed by atoms with van der Waals surface area (Å²) < 4.78 is 12.9. The first-order valence-corrected chi connectivity index (χ1v) is 14.8. The van der Waals surface area contributed by atoms with E-state index in [0.717, 1.165) is 60.3 Å². The number of rotatable bonds is 7. The van der Waals surface area contributed by atoms with Gasteiger partial charge in [0.2, 0.25) is 0 Å². The Labute approximate surface area is 242 Å². The molecule has 40 heavy (non-hydrogen) atoms. The summed E-state index contributed by atoms with van der Waals surface area (Å²) in [6, 6.07) is 13.1. The number of halogens is 2. The van der Waals surface area contributed by atoms with E-state index in [4.69, 9.17) is 32.5 Å². The molecule has 2 aromatic heterocycles. The van der Waals surface area contributed by atoms with E-state index < -0.39 is 0 Å².